The van der Waals surface area contributed by atoms with Crippen LogP contribution >= 0.6 is 0 Å². The molecule has 1 saturated heterocycles. The number of fused-ring (bicyclic) bond motifs is 1. The van der Waals surface area contributed by atoms with Gasteiger partial charge in [0.1, 0.15) is 5.69 Å². The maximum Gasteiger partial charge on any atom is 0.255 e. The first kappa shape index (κ1) is 22.0. The number of likely N-dealkylation sites (tertiary alicyclic amines) is 1. The first-order valence-electron chi connectivity index (χ1n) is 11.4. The first-order chi connectivity index (χ1) is 15.4. The van der Waals surface area contributed by atoms with Crippen LogP contribution in [0, 0.1) is 12.8 Å². The zero-order chi connectivity index (χ0) is 22.8. The summed E-state index contributed by atoms with van der Waals surface area (Å²) in [5.41, 5.74) is 2.53. The van der Waals surface area contributed by atoms with Gasteiger partial charge in [-0.05, 0) is 51.3 Å². The van der Waals surface area contributed by atoms with Crippen molar-refractivity contribution < 1.29 is 14.0 Å². The van der Waals surface area contributed by atoms with Crippen molar-refractivity contribution in [3.63, 3.8) is 0 Å². The highest BCUT2D eigenvalue weighted by molar-refractivity contribution is 6.07. The van der Waals surface area contributed by atoms with Gasteiger partial charge in [0.05, 0.1) is 28.8 Å². The molecule has 0 saturated carbocycles. The second-order valence-electron chi connectivity index (χ2n) is 8.67. The first-order valence-corrected chi connectivity index (χ1v) is 11.4. The normalized spacial score (nSPS) is 18.8. The van der Waals surface area contributed by atoms with E-state index in [-0.39, 0.29) is 23.8 Å². The number of amides is 2. The molecule has 32 heavy (non-hydrogen) atoms. The van der Waals surface area contributed by atoms with Gasteiger partial charge < -0.3 is 14.6 Å². The number of furan rings is 1. The van der Waals surface area contributed by atoms with E-state index in [9.17, 15) is 9.59 Å². The fourth-order valence-electron chi connectivity index (χ4n) is 4.46. The Balaban J connectivity index is 1.68. The van der Waals surface area contributed by atoms with Crippen LogP contribution in [0.15, 0.2) is 28.9 Å². The molecule has 2 amide bonds. The van der Waals surface area contributed by atoms with Crippen LogP contribution in [0.25, 0.3) is 22.5 Å². The highest BCUT2D eigenvalue weighted by atomic mass is 16.3. The Morgan fingerprint density at radius 1 is 1.31 bits per heavy atom. The van der Waals surface area contributed by atoms with E-state index in [1.54, 1.807) is 23.1 Å². The van der Waals surface area contributed by atoms with Crippen molar-refractivity contribution in [3.05, 3.63) is 35.7 Å². The summed E-state index contributed by atoms with van der Waals surface area (Å²) in [7, 11) is 1.82. The van der Waals surface area contributed by atoms with Crippen molar-refractivity contribution >= 4 is 22.8 Å². The van der Waals surface area contributed by atoms with Gasteiger partial charge in [-0.25, -0.2) is 4.98 Å². The number of carbonyl (C=O) groups excluding carboxylic acids is 2. The molecule has 3 aromatic heterocycles. The monoisotopic (exact) mass is 437 g/mol. The minimum Gasteiger partial charge on any atom is -0.463 e. The Morgan fingerprint density at radius 2 is 2.12 bits per heavy atom. The number of pyridine rings is 1. The molecule has 0 spiro atoms. The van der Waals surface area contributed by atoms with Crippen LogP contribution in [0.1, 0.15) is 55.6 Å². The predicted molar refractivity (Wildman–Crippen MR) is 122 cm³/mol. The summed E-state index contributed by atoms with van der Waals surface area (Å²) in [4.78, 5) is 33.0. The predicted octanol–water partition coefficient (Wildman–Crippen LogP) is 3.69. The van der Waals surface area contributed by atoms with Gasteiger partial charge >= 0.3 is 0 Å². The number of carbonyl (C=O) groups is 2. The molecule has 2 unspecified atom stereocenters. The number of nitrogens with zero attached hydrogens (tertiary/aromatic N) is 4. The molecule has 0 aliphatic carbocycles. The average Bonchev–Trinajstić information content (AvgIpc) is 3.42. The molecule has 1 aliphatic rings. The van der Waals surface area contributed by atoms with Crippen LogP contribution in [0.3, 0.4) is 0 Å². The molecule has 4 heterocycles. The van der Waals surface area contributed by atoms with Gasteiger partial charge in [0.15, 0.2) is 11.4 Å². The van der Waals surface area contributed by atoms with Crippen molar-refractivity contribution in [1.82, 2.24) is 25.0 Å². The van der Waals surface area contributed by atoms with Crippen molar-refractivity contribution in [2.45, 2.75) is 52.5 Å². The summed E-state index contributed by atoms with van der Waals surface area (Å²) in [5, 5.41) is 8.26. The number of aromatic nitrogens is 3. The molecule has 1 fully saturated rings. The van der Waals surface area contributed by atoms with E-state index in [1.165, 1.54) is 0 Å². The standard InChI is InChI=1S/C24H31N5O3/c1-5-6-11-25-23(30)17-10-9-15(2)29(14-17)24(31)18-13-19(20-8-7-12-32-20)26-22-21(18)16(3)27-28(22)4/h7-8,12-13,15,17H,5-6,9-11,14H2,1-4H3,(H,25,30). The molecule has 1 aliphatic heterocycles. The zero-order valence-corrected chi connectivity index (χ0v) is 19.2. The summed E-state index contributed by atoms with van der Waals surface area (Å²) in [5.74, 6) is 0.347. The highest BCUT2D eigenvalue weighted by Gasteiger charge is 2.34. The summed E-state index contributed by atoms with van der Waals surface area (Å²) >= 11 is 0. The summed E-state index contributed by atoms with van der Waals surface area (Å²) < 4.78 is 7.23. The average molecular weight is 438 g/mol. The van der Waals surface area contributed by atoms with Gasteiger partial charge in [-0.15, -0.1) is 0 Å². The van der Waals surface area contributed by atoms with Gasteiger partial charge in [-0.1, -0.05) is 13.3 Å². The van der Waals surface area contributed by atoms with Gasteiger partial charge in [-0.3, -0.25) is 14.3 Å². The van der Waals surface area contributed by atoms with E-state index in [4.69, 9.17) is 9.40 Å². The molecule has 0 aromatic carbocycles. The van der Waals surface area contributed by atoms with Gasteiger partial charge in [0, 0.05) is 26.2 Å². The number of nitrogens with one attached hydrogen (secondary N) is 1. The van der Waals surface area contributed by atoms with Crippen molar-refractivity contribution in [2.24, 2.45) is 13.0 Å². The number of hydrogen-bond acceptors (Lipinski definition) is 5. The van der Waals surface area contributed by atoms with E-state index >= 15 is 0 Å². The van der Waals surface area contributed by atoms with Crippen molar-refractivity contribution in [2.75, 3.05) is 13.1 Å². The largest absolute Gasteiger partial charge is 0.463 e. The van der Waals surface area contributed by atoms with E-state index in [0.717, 1.165) is 36.8 Å². The fourth-order valence-corrected chi connectivity index (χ4v) is 4.46. The van der Waals surface area contributed by atoms with Crippen LogP contribution in [0.2, 0.25) is 0 Å². The third-order valence-electron chi connectivity index (χ3n) is 6.32. The Kier molecular flexibility index (Phi) is 6.30. The van der Waals surface area contributed by atoms with E-state index < -0.39 is 0 Å². The quantitative estimate of drug-likeness (QED) is 0.594. The Labute approximate surface area is 188 Å². The number of rotatable bonds is 6. The van der Waals surface area contributed by atoms with Crippen LogP contribution in [-0.2, 0) is 11.8 Å². The number of piperidine rings is 1. The molecule has 0 bridgehead atoms. The van der Waals surface area contributed by atoms with Crippen LogP contribution in [-0.4, -0.2) is 50.6 Å². The lowest BCUT2D eigenvalue weighted by Crippen LogP contribution is -2.49. The summed E-state index contributed by atoms with van der Waals surface area (Å²) in [6.07, 6.45) is 5.17. The third-order valence-corrected chi connectivity index (χ3v) is 6.32. The SMILES string of the molecule is CCCCNC(=O)C1CCC(C)N(C(=O)c2cc(-c3ccco3)nc3c2c(C)nn3C)C1. The van der Waals surface area contributed by atoms with E-state index in [1.807, 2.05) is 31.9 Å². The number of hydrogen-bond donors (Lipinski definition) is 1. The van der Waals surface area contributed by atoms with Crippen molar-refractivity contribution in [3.8, 4) is 11.5 Å². The van der Waals surface area contributed by atoms with Gasteiger partial charge in [0.2, 0.25) is 5.91 Å². The summed E-state index contributed by atoms with van der Waals surface area (Å²) in [6.45, 7) is 7.13. The van der Waals surface area contributed by atoms with E-state index in [0.29, 0.717) is 35.8 Å². The molecule has 0 radical (unpaired) electrons. The maximum absolute atomic E-state index is 13.8. The van der Waals surface area contributed by atoms with Crippen LogP contribution < -0.4 is 5.32 Å². The smallest absolute Gasteiger partial charge is 0.255 e. The maximum atomic E-state index is 13.8. The summed E-state index contributed by atoms with van der Waals surface area (Å²) in [6, 6.07) is 5.46. The minimum absolute atomic E-state index is 0.0388. The Morgan fingerprint density at radius 3 is 2.84 bits per heavy atom. The molecule has 2 atom stereocenters. The van der Waals surface area contributed by atoms with Gasteiger partial charge in [0.25, 0.3) is 5.91 Å². The van der Waals surface area contributed by atoms with Crippen molar-refractivity contribution in [1.29, 1.82) is 0 Å². The van der Waals surface area contributed by atoms with E-state index in [2.05, 4.69) is 17.3 Å². The second kappa shape index (κ2) is 9.14. The molecule has 170 valence electrons. The topological polar surface area (TPSA) is 93.3 Å². The highest BCUT2D eigenvalue weighted by Crippen LogP contribution is 2.30. The Hall–Kier alpha value is -3.16. The molecule has 3 aromatic rings. The molecular weight excluding hydrogens is 406 g/mol. The Bertz CT molecular complexity index is 1120. The number of unbranched alkanes of at least 4 members (excludes halogenated alkanes) is 1. The van der Waals surface area contributed by atoms with Crippen LogP contribution in [0.5, 0.6) is 0 Å². The molecule has 4 rings (SSSR count). The lowest BCUT2D eigenvalue weighted by atomic mass is 9.91. The lowest BCUT2D eigenvalue weighted by molar-refractivity contribution is -0.126. The second-order valence-corrected chi connectivity index (χ2v) is 8.67. The fraction of sp³-hybridized carbons (Fsp3) is 0.500. The molecule has 1 N–H and O–H groups in total. The minimum atomic E-state index is -0.191. The third kappa shape index (κ3) is 4.13. The molecule has 8 heteroatoms. The zero-order valence-electron chi connectivity index (χ0n) is 19.2. The van der Waals surface area contributed by atoms with Gasteiger partial charge in [-0.2, -0.15) is 5.10 Å². The lowest BCUT2D eigenvalue weighted by Gasteiger charge is -2.37. The molecule has 8 nitrogen and oxygen atoms in total. The molecular formula is C24H31N5O3. The number of aryl methyl sites for hydroxylation is 2. The van der Waals surface area contributed by atoms with Crippen LogP contribution in [0.4, 0.5) is 0 Å².